The highest BCUT2D eigenvalue weighted by Crippen LogP contribution is 2.28. The molecule has 36 heavy (non-hydrogen) atoms. The summed E-state index contributed by atoms with van der Waals surface area (Å²) in [6.07, 6.45) is -3.62. The van der Waals surface area contributed by atoms with E-state index in [1.165, 1.54) is 6.20 Å². The largest absolute Gasteiger partial charge is 0.434 e. The minimum Gasteiger partial charge on any atom is -0.354 e. The Hall–Kier alpha value is -3.26. The second-order valence-electron chi connectivity index (χ2n) is 8.17. The fourth-order valence-corrected chi connectivity index (χ4v) is 4.66. The van der Waals surface area contributed by atoms with E-state index in [-0.39, 0.29) is 18.7 Å². The molecule has 1 saturated heterocycles. The Bertz CT molecular complexity index is 1180. The lowest BCUT2D eigenvalue weighted by Crippen LogP contribution is -2.48. The molecular formula is C22H22F5N7OS. The van der Waals surface area contributed by atoms with Crippen molar-refractivity contribution in [3.8, 4) is 0 Å². The number of aryl methyl sites for hydroxylation is 1. The number of alkyl halides is 5. The maximum Gasteiger partial charge on any atom is 0.434 e. The van der Waals surface area contributed by atoms with Gasteiger partial charge in [0.1, 0.15) is 5.82 Å². The molecular weight excluding hydrogens is 505 g/mol. The van der Waals surface area contributed by atoms with E-state index in [9.17, 15) is 26.7 Å². The topological polar surface area (TPSA) is 87.1 Å². The van der Waals surface area contributed by atoms with Gasteiger partial charge >= 0.3 is 6.18 Å². The van der Waals surface area contributed by atoms with Crippen molar-refractivity contribution >= 4 is 28.9 Å². The Morgan fingerprint density at radius 3 is 2.42 bits per heavy atom. The summed E-state index contributed by atoms with van der Waals surface area (Å²) in [6.45, 7) is 3.60. The second-order valence-corrected chi connectivity index (χ2v) is 9.03. The summed E-state index contributed by atoms with van der Waals surface area (Å²) in [5.41, 5.74) is 0.446. The zero-order valence-corrected chi connectivity index (χ0v) is 19.9. The molecule has 1 aliphatic heterocycles. The van der Waals surface area contributed by atoms with Gasteiger partial charge in [0.05, 0.1) is 41.6 Å². The molecule has 0 bridgehead atoms. The van der Waals surface area contributed by atoms with E-state index >= 15 is 0 Å². The summed E-state index contributed by atoms with van der Waals surface area (Å²) in [5, 5.41) is 2.77. The molecule has 0 atom stereocenters. The molecule has 0 spiro atoms. The van der Waals surface area contributed by atoms with Crippen LogP contribution in [0, 0.1) is 6.92 Å². The smallest absolute Gasteiger partial charge is 0.354 e. The molecule has 0 radical (unpaired) electrons. The van der Waals surface area contributed by atoms with Gasteiger partial charge < -0.3 is 10.2 Å². The van der Waals surface area contributed by atoms with E-state index in [1.54, 1.807) is 24.0 Å². The summed E-state index contributed by atoms with van der Waals surface area (Å²) >= 11 is 1.07. The number of carbonyl (C=O) groups is 1. The van der Waals surface area contributed by atoms with Crippen molar-refractivity contribution in [3.05, 3.63) is 58.2 Å². The third kappa shape index (κ3) is 6.29. The van der Waals surface area contributed by atoms with Gasteiger partial charge in [-0.05, 0) is 30.6 Å². The number of rotatable bonds is 7. The van der Waals surface area contributed by atoms with Crippen LogP contribution in [0.1, 0.15) is 32.3 Å². The summed E-state index contributed by atoms with van der Waals surface area (Å²) in [7, 11) is 0. The van der Waals surface area contributed by atoms with Gasteiger partial charge in [0, 0.05) is 43.7 Å². The van der Waals surface area contributed by atoms with Gasteiger partial charge in [-0.15, -0.1) is 0 Å². The molecule has 0 aromatic carbocycles. The number of aromatic nitrogens is 4. The van der Waals surface area contributed by atoms with Crippen molar-refractivity contribution in [2.24, 2.45) is 0 Å². The second kappa shape index (κ2) is 10.8. The SMILES string of the molecule is Cc1nsc(Cc2cnc(C(F)(F)F)cn2)c1C(=O)Nc1ccc(N2CCN(CC(F)F)CC2)nc1. The summed E-state index contributed by atoms with van der Waals surface area (Å²) in [5.74, 6) is 0.255. The lowest BCUT2D eigenvalue weighted by Gasteiger charge is -2.35. The molecule has 1 amide bonds. The monoisotopic (exact) mass is 527 g/mol. The molecule has 0 unspecified atom stereocenters. The highest BCUT2D eigenvalue weighted by atomic mass is 32.1. The van der Waals surface area contributed by atoms with Crippen LogP contribution in [0.4, 0.5) is 33.5 Å². The molecule has 3 aromatic rings. The molecule has 192 valence electrons. The number of amides is 1. The molecule has 14 heteroatoms. The lowest BCUT2D eigenvalue weighted by molar-refractivity contribution is -0.141. The molecule has 4 rings (SSSR count). The van der Waals surface area contributed by atoms with Crippen LogP contribution in [0.15, 0.2) is 30.7 Å². The normalized spacial score (nSPS) is 14.9. The third-order valence-corrected chi connectivity index (χ3v) is 6.53. The van der Waals surface area contributed by atoms with Crippen molar-refractivity contribution in [1.29, 1.82) is 0 Å². The van der Waals surface area contributed by atoms with E-state index in [2.05, 4.69) is 24.6 Å². The number of nitrogens with zero attached hydrogens (tertiary/aromatic N) is 6. The molecule has 1 fully saturated rings. The van der Waals surface area contributed by atoms with Crippen molar-refractivity contribution < 1.29 is 26.7 Å². The number of nitrogens with one attached hydrogen (secondary N) is 1. The molecule has 1 N–H and O–H groups in total. The fourth-order valence-electron chi connectivity index (χ4n) is 3.78. The summed E-state index contributed by atoms with van der Waals surface area (Å²) in [4.78, 5) is 28.8. The Labute approximate surface area is 207 Å². The zero-order chi connectivity index (χ0) is 25.9. The average molecular weight is 528 g/mol. The van der Waals surface area contributed by atoms with Crippen LogP contribution in [0.2, 0.25) is 0 Å². The number of anilines is 2. The van der Waals surface area contributed by atoms with Crippen LogP contribution in [0.3, 0.4) is 0 Å². The average Bonchev–Trinajstić information content (AvgIpc) is 3.19. The van der Waals surface area contributed by atoms with Gasteiger partial charge in [0.15, 0.2) is 5.69 Å². The van der Waals surface area contributed by atoms with E-state index in [0.29, 0.717) is 60.0 Å². The number of hydrogen-bond donors (Lipinski definition) is 1. The predicted octanol–water partition coefficient (Wildman–Crippen LogP) is 3.89. The van der Waals surface area contributed by atoms with E-state index in [0.717, 1.165) is 17.7 Å². The van der Waals surface area contributed by atoms with Crippen molar-refractivity contribution in [3.63, 3.8) is 0 Å². The highest BCUT2D eigenvalue weighted by Gasteiger charge is 2.33. The van der Waals surface area contributed by atoms with Crippen LogP contribution >= 0.6 is 11.5 Å². The Kier molecular flexibility index (Phi) is 7.73. The Morgan fingerprint density at radius 2 is 1.83 bits per heavy atom. The lowest BCUT2D eigenvalue weighted by atomic mass is 10.1. The quantitative estimate of drug-likeness (QED) is 0.467. The number of piperazine rings is 1. The molecule has 3 aromatic heterocycles. The number of pyridine rings is 1. The van der Waals surface area contributed by atoms with Crippen molar-refractivity contribution in [2.75, 3.05) is 42.9 Å². The minimum atomic E-state index is -4.58. The third-order valence-electron chi connectivity index (χ3n) is 5.60. The van der Waals surface area contributed by atoms with Crippen LogP contribution < -0.4 is 10.2 Å². The van der Waals surface area contributed by atoms with E-state index in [1.807, 2.05) is 4.90 Å². The first kappa shape index (κ1) is 25.8. The Balaban J connectivity index is 1.39. The van der Waals surface area contributed by atoms with E-state index in [4.69, 9.17) is 0 Å². The van der Waals surface area contributed by atoms with Gasteiger partial charge in [-0.25, -0.2) is 18.7 Å². The van der Waals surface area contributed by atoms with E-state index < -0.39 is 24.2 Å². The molecule has 1 aliphatic rings. The van der Waals surface area contributed by atoms with Crippen LogP contribution in [-0.2, 0) is 12.6 Å². The maximum atomic E-state index is 13.0. The molecule has 8 nitrogen and oxygen atoms in total. The first-order valence-corrected chi connectivity index (χ1v) is 11.7. The van der Waals surface area contributed by atoms with Crippen LogP contribution in [-0.4, -0.2) is 69.3 Å². The first-order chi connectivity index (χ1) is 17.1. The van der Waals surface area contributed by atoms with Crippen LogP contribution in [0.5, 0.6) is 0 Å². The molecule has 0 aliphatic carbocycles. The van der Waals surface area contributed by atoms with Gasteiger partial charge in [0.25, 0.3) is 12.3 Å². The summed E-state index contributed by atoms with van der Waals surface area (Å²) in [6, 6.07) is 3.44. The Morgan fingerprint density at radius 1 is 1.08 bits per heavy atom. The summed E-state index contributed by atoms with van der Waals surface area (Å²) < 4.78 is 67.5. The number of halogens is 5. The first-order valence-electron chi connectivity index (χ1n) is 11.0. The zero-order valence-electron chi connectivity index (χ0n) is 19.1. The van der Waals surface area contributed by atoms with Crippen molar-refractivity contribution in [2.45, 2.75) is 25.9 Å². The number of hydrogen-bond acceptors (Lipinski definition) is 8. The fraction of sp³-hybridized carbons (Fsp3) is 0.409. The highest BCUT2D eigenvalue weighted by molar-refractivity contribution is 7.06. The van der Waals surface area contributed by atoms with Gasteiger partial charge in [-0.1, -0.05) is 0 Å². The molecule has 0 saturated carbocycles. The number of carbonyl (C=O) groups excluding carboxylic acids is 1. The predicted molar refractivity (Wildman–Crippen MR) is 124 cm³/mol. The molecule has 4 heterocycles. The standard InChI is InChI=1S/C22H22F5N7OS/c1-13-20(16(36-32-13)8-15-10-29-17(11-28-15)22(25,26)27)21(35)31-14-2-3-19(30-9-14)34-6-4-33(5-7-34)12-18(23)24/h2-3,9-11,18H,4-8,12H2,1H3,(H,31,35). The van der Waals surface area contributed by atoms with Gasteiger partial charge in [-0.3, -0.25) is 14.7 Å². The van der Waals surface area contributed by atoms with Gasteiger partial charge in [0.2, 0.25) is 0 Å². The van der Waals surface area contributed by atoms with Crippen LogP contribution in [0.25, 0.3) is 0 Å². The minimum absolute atomic E-state index is 0.105. The van der Waals surface area contributed by atoms with Crippen molar-refractivity contribution in [1.82, 2.24) is 24.2 Å². The van der Waals surface area contributed by atoms with Gasteiger partial charge in [-0.2, -0.15) is 17.5 Å². The maximum absolute atomic E-state index is 13.0.